The predicted octanol–water partition coefficient (Wildman–Crippen LogP) is 5.63. The number of hydrogen-bond donors (Lipinski definition) is 2. The molecule has 0 saturated heterocycles. The van der Waals surface area contributed by atoms with Crippen LogP contribution in [0.4, 0.5) is 4.79 Å². The molecule has 1 amide bonds. The number of aromatic amines is 1. The van der Waals surface area contributed by atoms with Crippen LogP contribution >= 0.6 is 0 Å². The highest BCUT2D eigenvalue weighted by atomic mass is 16.5. The summed E-state index contributed by atoms with van der Waals surface area (Å²) in [6, 6.07) is 26.6. The van der Waals surface area contributed by atoms with Crippen molar-refractivity contribution in [1.82, 2.24) is 15.5 Å². The lowest BCUT2D eigenvalue weighted by molar-refractivity contribution is 0.144. The van der Waals surface area contributed by atoms with Crippen molar-refractivity contribution in [3.8, 4) is 22.4 Å². The van der Waals surface area contributed by atoms with E-state index in [9.17, 15) is 4.79 Å². The Bertz CT molecular complexity index is 1220. The third kappa shape index (κ3) is 3.93. The van der Waals surface area contributed by atoms with Gasteiger partial charge in [-0.3, -0.25) is 5.10 Å². The van der Waals surface area contributed by atoms with Crippen LogP contribution in [0.1, 0.15) is 22.6 Å². The van der Waals surface area contributed by atoms with Crippen molar-refractivity contribution >= 4 is 12.2 Å². The number of rotatable bonds is 6. The van der Waals surface area contributed by atoms with E-state index in [4.69, 9.17) is 4.74 Å². The van der Waals surface area contributed by atoms with Gasteiger partial charge >= 0.3 is 6.09 Å². The molecule has 4 aromatic rings. The Labute approximate surface area is 186 Å². The Hall–Kier alpha value is -4.12. The predicted molar refractivity (Wildman–Crippen MR) is 126 cm³/mol. The normalized spacial score (nSPS) is 12.5. The van der Waals surface area contributed by atoms with Crippen LogP contribution in [0.2, 0.25) is 0 Å². The molecular formula is C27H23N3O2. The number of hydrogen-bond acceptors (Lipinski definition) is 3. The van der Waals surface area contributed by atoms with E-state index in [1.54, 1.807) is 6.20 Å². The van der Waals surface area contributed by atoms with Crippen molar-refractivity contribution in [3.05, 3.63) is 108 Å². The van der Waals surface area contributed by atoms with Crippen LogP contribution in [0.5, 0.6) is 0 Å². The highest BCUT2D eigenvalue weighted by molar-refractivity contribution is 5.79. The summed E-state index contributed by atoms with van der Waals surface area (Å²) >= 11 is 0. The number of nitrogens with zero attached hydrogens (tertiary/aromatic N) is 1. The Morgan fingerprint density at radius 1 is 0.906 bits per heavy atom. The van der Waals surface area contributed by atoms with Gasteiger partial charge in [0.15, 0.2) is 0 Å². The molecule has 0 atom stereocenters. The molecule has 5 nitrogen and oxygen atoms in total. The zero-order valence-electron chi connectivity index (χ0n) is 17.5. The van der Waals surface area contributed by atoms with Crippen LogP contribution in [-0.4, -0.2) is 29.4 Å². The third-order valence-corrected chi connectivity index (χ3v) is 5.76. The summed E-state index contributed by atoms with van der Waals surface area (Å²) in [5, 5.41) is 9.82. The molecular weight excluding hydrogens is 398 g/mol. The lowest BCUT2D eigenvalue weighted by Gasteiger charge is -2.14. The zero-order chi connectivity index (χ0) is 21.8. The molecule has 5 heteroatoms. The maximum absolute atomic E-state index is 12.3. The van der Waals surface area contributed by atoms with Gasteiger partial charge in [-0.1, -0.05) is 84.9 Å². The fraction of sp³-hybridized carbons (Fsp3) is 0.111. The van der Waals surface area contributed by atoms with Crippen molar-refractivity contribution < 1.29 is 9.53 Å². The largest absolute Gasteiger partial charge is 0.449 e. The number of nitrogens with one attached hydrogen (secondary N) is 2. The molecule has 1 aliphatic rings. The van der Waals surface area contributed by atoms with Crippen LogP contribution < -0.4 is 5.32 Å². The number of ether oxygens (including phenoxy) is 1. The topological polar surface area (TPSA) is 67.0 Å². The molecule has 0 saturated carbocycles. The van der Waals surface area contributed by atoms with Gasteiger partial charge in [-0.2, -0.15) is 5.10 Å². The fourth-order valence-corrected chi connectivity index (χ4v) is 4.27. The molecule has 1 heterocycles. The second kappa shape index (κ2) is 8.94. The highest BCUT2D eigenvalue weighted by Gasteiger charge is 2.28. The number of benzene rings is 3. The smallest absolute Gasteiger partial charge is 0.407 e. The standard InChI is InChI=1S/C27H23N3O2/c31-27(28-16-7-9-19-8-1-2-10-20(19)26-15-17-29-30-26)32-18-25-23-13-5-3-11-21(23)22-12-4-6-14-24(22)25/h1-15,17,25H,16,18H2,(H,28,31)(H,29,30). The van der Waals surface area contributed by atoms with E-state index in [0.29, 0.717) is 13.2 Å². The SMILES string of the molecule is O=C(NCC=Cc1ccccc1-c1ccn[nH]1)OCC1c2ccccc2-c2ccccc21. The molecule has 1 aromatic heterocycles. The van der Waals surface area contributed by atoms with Gasteiger partial charge in [0.1, 0.15) is 6.61 Å². The summed E-state index contributed by atoms with van der Waals surface area (Å²) in [6.07, 6.45) is 5.21. The molecule has 2 N–H and O–H groups in total. The van der Waals surface area contributed by atoms with Gasteiger partial charge in [0.2, 0.25) is 0 Å². The van der Waals surface area contributed by atoms with Crippen LogP contribution in [0, 0.1) is 0 Å². The quantitative estimate of drug-likeness (QED) is 0.424. The van der Waals surface area contributed by atoms with Gasteiger partial charge in [0, 0.05) is 24.2 Å². The van der Waals surface area contributed by atoms with Gasteiger partial charge in [-0.15, -0.1) is 0 Å². The maximum atomic E-state index is 12.3. The molecule has 3 aromatic carbocycles. The molecule has 158 valence electrons. The van der Waals surface area contributed by atoms with E-state index in [1.807, 2.05) is 66.7 Å². The van der Waals surface area contributed by atoms with Crippen LogP contribution in [0.3, 0.4) is 0 Å². The first-order valence-corrected chi connectivity index (χ1v) is 10.7. The molecule has 5 rings (SSSR count). The van der Waals surface area contributed by atoms with Gasteiger partial charge < -0.3 is 10.1 Å². The summed E-state index contributed by atoms with van der Waals surface area (Å²) in [5.74, 6) is 0.0602. The van der Waals surface area contributed by atoms with Crippen molar-refractivity contribution in [2.75, 3.05) is 13.2 Å². The van der Waals surface area contributed by atoms with Crippen molar-refractivity contribution in [2.45, 2.75) is 5.92 Å². The van der Waals surface area contributed by atoms with Gasteiger partial charge in [-0.25, -0.2) is 4.79 Å². The molecule has 0 radical (unpaired) electrons. The van der Waals surface area contributed by atoms with Crippen LogP contribution in [0.15, 0.2) is 91.1 Å². The van der Waals surface area contributed by atoms with Crippen LogP contribution in [0.25, 0.3) is 28.5 Å². The average molecular weight is 422 g/mol. The van der Waals surface area contributed by atoms with Gasteiger partial charge in [0.05, 0.1) is 5.69 Å². The van der Waals surface area contributed by atoms with E-state index in [0.717, 1.165) is 16.8 Å². The molecule has 0 aliphatic heterocycles. The van der Waals surface area contributed by atoms with Gasteiger partial charge in [0.25, 0.3) is 0 Å². The number of carbonyl (C=O) groups is 1. The van der Waals surface area contributed by atoms with E-state index in [1.165, 1.54) is 22.3 Å². The molecule has 1 aliphatic carbocycles. The number of alkyl carbamates (subject to hydrolysis) is 1. The molecule has 0 bridgehead atoms. The summed E-state index contributed by atoms with van der Waals surface area (Å²) in [6.45, 7) is 0.695. The van der Waals surface area contributed by atoms with Crippen molar-refractivity contribution in [3.63, 3.8) is 0 Å². The number of aromatic nitrogens is 2. The number of H-pyrrole nitrogens is 1. The summed E-state index contributed by atoms with van der Waals surface area (Å²) < 4.78 is 5.58. The lowest BCUT2D eigenvalue weighted by atomic mass is 9.98. The Kier molecular flexibility index (Phi) is 5.54. The monoisotopic (exact) mass is 421 g/mol. The Morgan fingerprint density at radius 2 is 1.56 bits per heavy atom. The maximum Gasteiger partial charge on any atom is 0.407 e. The Balaban J connectivity index is 1.19. The number of amides is 1. The first-order valence-electron chi connectivity index (χ1n) is 10.7. The van der Waals surface area contributed by atoms with Crippen molar-refractivity contribution in [1.29, 1.82) is 0 Å². The Morgan fingerprint density at radius 3 is 2.25 bits per heavy atom. The molecule has 0 spiro atoms. The number of carbonyl (C=O) groups excluding carboxylic acids is 1. The lowest BCUT2D eigenvalue weighted by Crippen LogP contribution is -2.26. The first kappa shape index (κ1) is 19.8. The number of fused-ring (bicyclic) bond motifs is 3. The minimum Gasteiger partial charge on any atom is -0.449 e. The zero-order valence-corrected chi connectivity index (χ0v) is 17.5. The third-order valence-electron chi connectivity index (χ3n) is 5.76. The fourth-order valence-electron chi connectivity index (χ4n) is 4.27. The summed E-state index contributed by atoms with van der Waals surface area (Å²) in [7, 11) is 0. The average Bonchev–Trinajstić information content (AvgIpc) is 3.48. The highest BCUT2D eigenvalue weighted by Crippen LogP contribution is 2.44. The van der Waals surface area contributed by atoms with E-state index >= 15 is 0 Å². The molecule has 0 unspecified atom stereocenters. The van der Waals surface area contributed by atoms with Crippen LogP contribution in [-0.2, 0) is 4.74 Å². The van der Waals surface area contributed by atoms with E-state index in [-0.39, 0.29) is 5.92 Å². The van der Waals surface area contributed by atoms with Crippen molar-refractivity contribution in [2.24, 2.45) is 0 Å². The molecule has 0 fully saturated rings. The summed E-state index contributed by atoms with van der Waals surface area (Å²) in [5.41, 5.74) is 7.91. The summed E-state index contributed by atoms with van der Waals surface area (Å²) in [4.78, 5) is 12.3. The second-order valence-electron chi connectivity index (χ2n) is 7.67. The minimum absolute atomic E-state index is 0.0602. The second-order valence-corrected chi connectivity index (χ2v) is 7.67. The van der Waals surface area contributed by atoms with E-state index < -0.39 is 6.09 Å². The van der Waals surface area contributed by atoms with E-state index in [2.05, 4.69) is 39.8 Å². The minimum atomic E-state index is -0.418. The van der Waals surface area contributed by atoms with Gasteiger partial charge in [-0.05, 0) is 33.9 Å². The first-order chi connectivity index (χ1) is 15.8. The molecule has 32 heavy (non-hydrogen) atoms.